The molecule has 0 aliphatic rings. The molecule has 0 atom stereocenters. The number of hydrogen-bond donors (Lipinski definition) is 3. The van der Waals surface area contributed by atoms with Crippen LogP contribution >= 0.6 is 23.2 Å². The number of hydrogen-bond acceptors (Lipinski definition) is 5. The molecule has 3 N–H and O–H groups in total. The fraction of sp³-hybridized carbons (Fsp3) is 0.263. The average Bonchev–Trinajstić information content (AvgIpc) is 2.70. The maximum absolute atomic E-state index is 13.3. The number of anilines is 1. The highest BCUT2D eigenvalue weighted by atomic mass is 35.5. The summed E-state index contributed by atoms with van der Waals surface area (Å²) in [6, 6.07) is 4.89. The van der Waals surface area contributed by atoms with Crippen LogP contribution < -0.4 is 14.8 Å². The van der Waals surface area contributed by atoms with Crippen molar-refractivity contribution in [2.75, 3.05) is 17.0 Å². The smallest absolute Gasteiger partial charge is 0.416 e. The number of carboxylic acid groups (broad SMARTS) is 1. The predicted octanol–water partition coefficient (Wildman–Crippen LogP) is 4.17. The predicted molar refractivity (Wildman–Crippen MR) is 115 cm³/mol. The first-order valence-electron chi connectivity index (χ1n) is 9.05. The van der Waals surface area contributed by atoms with Crippen LogP contribution in [0.1, 0.15) is 28.4 Å². The number of aliphatic carboxylic acids is 1. The second kappa shape index (κ2) is 10.5. The Morgan fingerprint density at radius 2 is 1.70 bits per heavy atom. The van der Waals surface area contributed by atoms with Gasteiger partial charge < -0.3 is 15.2 Å². The monoisotopic (exact) mass is 528 g/mol. The van der Waals surface area contributed by atoms with Gasteiger partial charge >= 0.3 is 12.1 Å². The molecule has 0 aromatic heterocycles. The highest BCUT2D eigenvalue weighted by Gasteiger charge is 2.31. The zero-order valence-electron chi connectivity index (χ0n) is 16.8. The lowest BCUT2D eigenvalue weighted by Crippen LogP contribution is -2.29. The van der Waals surface area contributed by atoms with E-state index in [9.17, 15) is 31.2 Å². The van der Waals surface area contributed by atoms with Crippen LogP contribution in [0.5, 0.6) is 5.75 Å². The highest BCUT2D eigenvalue weighted by Crippen LogP contribution is 2.36. The Morgan fingerprint density at radius 3 is 2.21 bits per heavy atom. The second-order valence-corrected chi connectivity index (χ2v) is 9.38. The molecule has 180 valence electrons. The third-order valence-corrected chi connectivity index (χ3v) is 5.89. The van der Waals surface area contributed by atoms with Crippen LogP contribution in [0.15, 0.2) is 30.3 Å². The fourth-order valence-electron chi connectivity index (χ4n) is 2.49. The Bertz CT molecular complexity index is 1150. The van der Waals surface area contributed by atoms with E-state index in [0.29, 0.717) is 6.07 Å². The molecule has 2 aromatic carbocycles. The molecule has 0 heterocycles. The number of nitrogens with one attached hydrogen (secondary N) is 2. The van der Waals surface area contributed by atoms with E-state index in [1.807, 2.05) is 0 Å². The van der Waals surface area contributed by atoms with Gasteiger partial charge in [0.25, 0.3) is 5.91 Å². The maximum Gasteiger partial charge on any atom is 0.416 e. The van der Waals surface area contributed by atoms with Gasteiger partial charge in [0.15, 0.2) is 5.75 Å². The van der Waals surface area contributed by atoms with Crippen molar-refractivity contribution in [3.63, 3.8) is 0 Å². The number of carboxylic acids is 1. The standard InChI is InChI=1S/C19H17Cl2F3N2O6S/c1-2-33(30,31)26-13-4-10(3-12(7-13)19(22,23)24)9-32-17-14(20)5-11(6-15(17)21)18(29)25-8-16(27)28/h3-7,26H,2,8-9H2,1H3,(H,25,29)(H,27,28). The minimum atomic E-state index is -4.75. The largest absolute Gasteiger partial charge is 0.486 e. The summed E-state index contributed by atoms with van der Waals surface area (Å²) in [4.78, 5) is 22.5. The first-order chi connectivity index (χ1) is 15.2. The maximum atomic E-state index is 13.3. The van der Waals surface area contributed by atoms with Gasteiger partial charge in [0.05, 0.1) is 21.4 Å². The van der Waals surface area contributed by atoms with Crippen LogP contribution in [0.3, 0.4) is 0 Å². The molecule has 0 bridgehead atoms. The van der Waals surface area contributed by atoms with Crippen LogP contribution in [-0.2, 0) is 27.6 Å². The highest BCUT2D eigenvalue weighted by molar-refractivity contribution is 7.92. The van der Waals surface area contributed by atoms with Gasteiger partial charge in [-0.25, -0.2) is 8.42 Å². The number of benzene rings is 2. The lowest BCUT2D eigenvalue weighted by molar-refractivity contribution is -0.138. The Labute approximate surface area is 196 Å². The van der Waals surface area contributed by atoms with Gasteiger partial charge in [0, 0.05) is 11.3 Å². The molecule has 0 aliphatic heterocycles. The van der Waals surface area contributed by atoms with E-state index in [2.05, 4.69) is 10.0 Å². The lowest BCUT2D eigenvalue weighted by atomic mass is 10.1. The fourth-order valence-corrected chi connectivity index (χ4v) is 3.71. The number of rotatable bonds is 9. The molecular weight excluding hydrogens is 512 g/mol. The normalized spacial score (nSPS) is 11.7. The zero-order chi connectivity index (χ0) is 25.0. The molecule has 0 fully saturated rings. The molecule has 2 aromatic rings. The number of alkyl halides is 3. The van der Waals surface area contributed by atoms with E-state index in [1.165, 1.54) is 6.92 Å². The van der Waals surface area contributed by atoms with E-state index >= 15 is 0 Å². The topological polar surface area (TPSA) is 122 Å². The molecule has 2 rings (SSSR count). The summed E-state index contributed by atoms with van der Waals surface area (Å²) >= 11 is 12.1. The number of sulfonamides is 1. The molecule has 8 nitrogen and oxygen atoms in total. The number of carbonyl (C=O) groups is 2. The summed E-state index contributed by atoms with van der Waals surface area (Å²) in [5.74, 6) is -2.51. The van der Waals surface area contributed by atoms with E-state index in [-0.39, 0.29) is 38.4 Å². The summed E-state index contributed by atoms with van der Waals surface area (Å²) in [7, 11) is -3.83. The first-order valence-corrected chi connectivity index (χ1v) is 11.5. The molecule has 14 heteroatoms. The summed E-state index contributed by atoms with van der Waals surface area (Å²) in [5, 5.41) is 10.4. The van der Waals surface area contributed by atoms with E-state index in [1.54, 1.807) is 0 Å². The molecule has 33 heavy (non-hydrogen) atoms. The SMILES string of the molecule is CCS(=O)(=O)Nc1cc(COc2c(Cl)cc(C(=O)NCC(=O)O)cc2Cl)cc(C(F)(F)F)c1. The lowest BCUT2D eigenvalue weighted by Gasteiger charge is -2.15. The van der Waals surface area contributed by atoms with Crippen molar-refractivity contribution >= 4 is 50.8 Å². The minimum absolute atomic E-state index is 0.0333. The Kier molecular flexibility index (Phi) is 8.44. The number of ether oxygens (including phenoxy) is 1. The first kappa shape index (κ1) is 26.6. The summed E-state index contributed by atoms with van der Waals surface area (Å²) < 4.78 is 70.8. The molecule has 0 saturated carbocycles. The molecule has 0 saturated heterocycles. The molecule has 1 amide bonds. The third kappa shape index (κ3) is 7.69. The van der Waals surface area contributed by atoms with Gasteiger partial charge in [-0.2, -0.15) is 13.2 Å². The van der Waals surface area contributed by atoms with Gasteiger partial charge in [-0.05, 0) is 42.8 Å². The minimum Gasteiger partial charge on any atom is -0.486 e. The van der Waals surface area contributed by atoms with Crippen LogP contribution in [0.4, 0.5) is 18.9 Å². The van der Waals surface area contributed by atoms with Gasteiger partial charge in [-0.3, -0.25) is 14.3 Å². The van der Waals surface area contributed by atoms with E-state index in [0.717, 1.165) is 24.3 Å². The van der Waals surface area contributed by atoms with Crippen LogP contribution in [0.25, 0.3) is 0 Å². The van der Waals surface area contributed by atoms with Crippen molar-refractivity contribution in [3.05, 3.63) is 57.1 Å². The van der Waals surface area contributed by atoms with Gasteiger partial charge in [0.1, 0.15) is 13.2 Å². The Morgan fingerprint density at radius 1 is 1.09 bits per heavy atom. The number of carbonyl (C=O) groups excluding carboxylic acids is 1. The summed E-state index contributed by atoms with van der Waals surface area (Å²) in [6.45, 7) is 0.232. The van der Waals surface area contributed by atoms with Crippen LogP contribution in [-0.4, -0.2) is 37.7 Å². The Hall–Kier alpha value is -2.70. The molecule has 0 spiro atoms. The van der Waals surface area contributed by atoms with Crippen LogP contribution in [0.2, 0.25) is 10.0 Å². The van der Waals surface area contributed by atoms with Gasteiger partial charge in [0.2, 0.25) is 10.0 Å². The molecule has 0 radical (unpaired) electrons. The summed E-state index contributed by atoms with van der Waals surface area (Å²) in [5.41, 5.74) is -1.49. The number of halogens is 5. The quantitative estimate of drug-likeness (QED) is 0.449. The average molecular weight is 529 g/mol. The van der Waals surface area contributed by atoms with E-state index in [4.69, 9.17) is 33.0 Å². The molecule has 0 unspecified atom stereocenters. The van der Waals surface area contributed by atoms with E-state index < -0.39 is 46.8 Å². The van der Waals surface area contributed by atoms with Crippen molar-refractivity contribution in [2.24, 2.45) is 0 Å². The molecule has 0 aliphatic carbocycles. The third-order valence-electron chi connectivity index (χ3n) is 4.02. The van der Waals surface area contributed by atoms with Gasteiger partial charge in [-0.15, -0.1) is 0 Å². The van der Waals surface area contributed by atoms with Crippen molar-refractivity contribution in [2.45, 2.75) is 19.7 Å². The summed E-state index contributed by atoms with van der Waals surface area (Å²) in [6.07, 6.45) is -4.75. The van der Waals surface area contributed by atoms with Crippen molar-refractivity contribution < 1.29 is 41.0 Å². The number of amides is 1. The van der Waals surface area contributed by atoms with Gasteiger partial charge in [-0.1, -0.05) is 23.2 Å². The van der Waals surface area contributed by atoms with Crippen molar-refractivity contribution in [1.82, 2.24) is 5.32 Å². The zero-order valence-corrected chi connectivity index (χ0v) is 19.1. The van der Waals surface area contributed by atoms with Crippen molar-refractivity contribution in [3.8, 4) is 5.75 Å². The second-order valence-electron chi connectivity index (χ2n) is 6.56. The Balaban J connectivity index is 2.29. The van der Waals surface area contributed by atoms with Crippen molar-refractivity contribution in [1.29, 1.82) is 0 Å². The van der Waals surface area contributed by atoms with Crippen LogP contribution in [0, 0.1) is 0 Å². The molecular formula is C19H17Cl2F3N2O6S.